The summed E-state index contributed by atoms with van der Waals surface area (Å²) < 4.78 is 131. The summed E-state index contributed by atoms with van der Waals surface area (Å²) in [5, 5.41) is 35.3. The number of aliphatic carboxylic acids is 1. The minimum absolute atomic E-state index is 0.876. The van der Waals surface area contributed by atoms with Crippen LogP contribution in [0, 0.1) is 0 Å². The Bertz CT molecular complexity index is 1160. The molecule has 0 unspecified atom stereocenters. The molecule has 0 aromatic rings. The summed E-state index contributed by atoms with van der Waals surface area (Å²) in [6, 6.07) is -1.96. The maximum absolute atomic E-state index is 13.3. The predicted octanol–water partition coefficient (Wildman–Crippen LogP) is -6.98. The van der Waals surface area contributed by atoms with Crippen LogP contribution in [0.15, 0.2) is 0 Å². The first-order valence-corrected chi connectivity index (χ1v) is 14.1. The lowest BCUT2D eigenvalue weighted by Crippen LogP contribution is -2.71. The first-order chi connectivity index (χ1) is 17.8. The molecule has 5 N–H and O–H groups in total. The number of hydrogen-bond acceptors (Lipinski definition) is 19. The van der Waals surface area contributed by atoms with Crippen LogP contribution in [-0.2, 0) is 72.3 Å². The third-order valence-electron chi connectivity index (χ3n) is 5.10. The molecule has 230 valence electrons. The Morgan fingerprint density at radius 1 is 0.897 bits per heavy atom. The first-order valence-electron chi connectivity index (χ1n) is 10.0. The van der Waals surface area contributed by atoms with Crippen molar-refractivity contribution >= 4 is 37.2 Å². The summed E-state index contributed by atoms with van der Waals surface area (Å²) in [7, 11) is -14.0. The highest BCUT2D eigenvalue weighted by Crippen LogP contribution is 2.31. The number of carbonyl (C=O) groups is 1. The molecule has 2 saturated heterocycles. The van der Waals surface area contributed by atoms with Crippen molar-refractivity contribution in [2.24, 2.45) is 0 Å². The van der Waals surface area contributed by atoms with Crippen molar-refractivity contribution in [3.05, 3.63) is 0 Å². The topological polar surface area (TPSA) is 332 Å². The summed E-state index contributed by atoms with van der Waals surface area (Å²) in [6.45, 7) is -1.22. The van der Waals surface area contributed by atoms with Crippen LogP contribution in [0.25, 0.3) is 0 Å². The smallest absolute Gasteiger partial charge is 0.413 e. The summed E-state index contributed by atoms with van der Waals surface area (Å²) in [5.41, 5.74) is 1.60. The number of aliphatic hydroxyl groups excluding tert-OH is 1. The van der Waals surface area contributed by atoms with Gasteiger partial charge >= 0.3 is 31.2 Å². The number of nitrogens with one attached hydrogen (secondary N) is 1. The second-order valence-corrected chi connectivity index (χ2v) is 10.8. The molecular weight excluding hydrogens is 614 g/mol. The Labute approximate surface area is 220 Å². The molecule has 0 aliphatic carbocycles. The second kappa shape index (κ2) is 13.2. The van der Waals surface area contributed by atoms with Crippen LogP contribution in [0.5, 0.6) is 0 Å². The maximum Gasteiger partial charge on any atom is 0.413 e. The van der Waals surface area contributed by atoms with Crippen molar-refractivity contribution in [2.75, 3.05) is 20.8 Å². The highest BCUT2D eigenvalue weighted by Gasteiger charge is 2.52. The van der Waals surface area contributed by atoms with E-state index in [1.54, 1.807) is 5.48 Å². The Balaban J connectivity index is 2.49. The average molecular weight is 638 g/mol. The summed E-state index contributed by atoms with van der Waals surface area (Å²) >= 11 is 0. The van der Waals surface area contributed by atoms with Gasteiger partial charge in [0.2, 0.25) is 0 Å². The van der Waals surface area contributed by atoms with Gasteiger partial charge in [0.25, 0.3) is 0 Å². The molecule has 10 atom stereocenters. The van der Waals surface area contributed by atoms with Gasteiger partial charge in [0.1, 0.15) is 24.4 Å². The molecule has 2 rings (SSSR count). The fraction of sp³-hybridized carbons (Fsp3) is 0.929. The molecule has 0 amide bonds. The van der Waals surface area contributed by atoms with Crippen LogP contribution in [0.3, 0.4) is 0 Å². The van der Waals surface area contributed by atoms with E-state index in [4.69, 9.17) is 37.3 Å². The van der Waals surface area contributed by atoms with Crippen molar-refractivity contribution < 1.29 is 95.4 Å². The van der Waals surface area contributed by atoms with Crippen molar-refractivity contribution in [1.29, 1.82) is 0 Å². The van der Waals surface area contributed by atoms with Crippen LogP contribution >= 0.6 is 0 Å². The molecule has 0 saturated carbocycles. The molecule has 2 fully saturated rings. The lowest BCUT2D eigenvalue weighted by molar-refractivity contribution is -0.488. The van der Waals surface area contributed by atoms with Gasteiger partial charge in [0.05, 0.1) is 24.7 Å². The zero-order valence-electron chi connectivity index (χ0n) is 19.4. The highest BCUT2D eigenvalue weighted by atomic mass is 32.3. The van der Waals surface area contributed by atoms with E-state index in [-0.39, 0.29) is 0 Å². The van der Waals surface area contributed by atoms with Crippen LogP contribution in [0.1, 0.15) is 0 Å². The first kappa shape index (κ1) is 34.0. The van der Waals surface area contributed by atoms with E-state index in [0.717, 1.165) is 14.2 Å². The fourth-order valence-electron chi connectivity index (χ4n) is 3.58. The zero-order chi connectivity index (χ0) is 29.9. The van der Waals surface area contributed by atoms with Crippen LogP contribution in [0.2, 0.25) is 0 Å². The molecular formula is C14H23NO21S3-2. The highest BCUT2D eigenvalue weighted by molar-refractivity contribution is 7.81. The van der Waals surface area contributed by atoms with Gasteiger partial charge in [-0.1, -0.05) is 6.10 Å². The van der Waals surface area contributed by atoms with Crippen molar-refractivity contribution in [3.8, 4) is 0 Å². The van der Waals surface area contributed by atoms with Crippen molar-refractivity contribution in [3.63, 3.8) is 0 Å². The van der Waals surface area contributed by atoms with Crippen molar-refractivity contribution in [1.82, 2.24) is 5.48 Å². The lowest BCUT2D eigenvalue weighted by atomic mass is 9.96. The number of aliphatic hydroxyl groups is 1. The minimum atomic E-state index is -5.44. The van der Waals surface area contributed by atoms with Gasteiger partial charge in [-0.2, -0.15) is 35.0 Å². The molecule has 0 bridgehead atoms. The number of hydrogen-bond donors (Lipinski definition) is 5. The predicted molar refractivity (Wildman–Crippen MR) is 108 cm³/mol. The van der Waals surface area contributed by atoms with Gasteiger partial charge < -0.3 is 43.8 Å². The third-order valence-corrected chi connectivity index (χ3v) is 6.30. The number of carboxylic acid groups (broad SMARTS) is 1. The molecule has 0 radical (unpaired) electrons. The minimum Gasteiger partial charge on any atom is -0.849 e. The maximum atomic E-state index is 13.3. The lowest BCUT2D eigenvalue weighted by Gasteiger charge is -2.51. The van der Waals surface area contributed by atoms with Crippen LogP contribution in [0.4, 0.5) is 0 Å². The number of carbonyl (C=O) groups excluding carboxylic acids is 1. The molecule has 39 heavy (non-hydrogen) atoms. The van der Waals surface area contributed by atoms with Gasteiger partial charge in [0.15, 0.2) is 18.7 Å². The standard InChI is InChI=1S/C14H24NO21S3/c1-29-9-7(17)10(35-38(23,24)25)14(34-11(9)12(18)19)33-8-4(3-31-37(20,21)22)32-13(30-2)5(6(8)16)15-36-39(26,27)28/h4-11,13-15,17H,3H2,1-2H3,(H,18,19)(H,20,21,22)(H,23,24,25)(H,26,27,28)/q-1/p-1/t4-,5-,6-,7+,8-,9+,10-,11-,13+,14+/m0/s1. The monoisotopic (exact) mass is 637 g/mol. The summed E-state index contributed by atoms with van der Waals surface area (Å²) in [6.07, 6.45) is -19.5. The SMILES string of the molecule is CO[C@@H]1O[C@@H](COS(=O)(=O)O)[C@H](O[C@@H]2O[C@H](C(=O)[O-])[C@H](OC)[C@@H](O)[C@@H]2OS(=O)(=O)O)[C@@H]([O-])[C@@H]1NOS(=O)(=O)O. The number of ether oxygens (including phenoxy) is 5. The van der Waals surface area contributed by atoms with Gasteiger partial charge in [-0.25, -0.2) is 8.37 Å². The van der Waals surface area contributed by atoms with Gasteiger partial charge in [-0.3, -0.25) is 13.7 Å². The van der Waals surface area contributed by atoms with Crippen LogP contribution in [-0.4, -0.2) is 132 Å². The summed E-state index contributed by atoms with van der Waals surface area (Å²) in [5.74, 6) is -2.04. The molecule has 22 nitrogen and oxygen atoms in total. The van der Waals surface area contributed by atoms with E-state index < -0.39 is 105 Å². The normalized spacial score (nSPS) is 36.5. The fourth-order valence-corrected chi connectivity index (χ4v) is 4.61. The molecule has 0 spiro atoms. The number of rotatable bonds is 13. The largest absolute Gasteiger partial charge is 0.849 e. The van der Waals surface area contributed by atoms with E-state index in [1.807, 2.05) is 0 Å². The van der Waals surface area contributed by atoms with Gasteiger partial charge in [0, 0.05) is 14.2 Å². The number of carboxylic acids is 1. The second-order valence-electron chi connectivity index (χ2n) is 7.63. The van der Waals surface area contributed by atoms with Crippen molar-refractivity contribution in [2.45, 2.75) is 61.3 Å². The van der Waals surface area contributed by atoms with E-state index >= 15 is 0 Å². The molecule has 2 heterocycles. The quantitative estimate of drug-likeness (QED) is 0.0924. The van der Waals surface area contributed by atoms with E-state index in [2.05, 4.69) is 12.6 Å². The Morgan fingerprint density at radius 2 is 1.51 bits per heavy atom. The molecule has 25 heteroatoms. The Kier molecular flexibility index (Phi) is 11.5. The number of hydroxylamine groups is 1. The number of methoxy groups -OCH3 is 2. The van der Waals surface area contributed by atoms with Crippen LogP contribution < -0.4 is 15.7 Å². The molecule has 2 aliphatic rings. The molecule has 0 aromatic heterocycles. The Hall–Kier alpha value is -1.24. The van der Waals surface area contributed by atoms with Gasteiger partial charge in [-0.15, -0.1) is 0 Å². The summed E-state index contributed by atoms with van der Waals surface area (Å²) in [4.78, 5) is 11.5. The molecule has 0 aromatic carbocycles. The third kappa shape index (κ3) is 9.67. The van der Waals surface area contributed by atoms with E-state index in [9.17, 15) is 45.4 Å². The van der Waals surface area contributed by atoms with E-state index in [0.29, 0.717) is 0 Å². The molecule has 2 aliphatic heterocycles. The Morgan fingerprint density at radius 3 is 1.97 bits per heavy atom. The average Bonchev–Trinajstić information content (AvgIpc) is 2.78. The van der Waals surface area contributed by atoms with E-state index in [1.165, 1.54) is 0 Å². The zero-order valence-corrected chi connectivity index (χ0v) is 21.9. The van der Waals surface area contributed by atoms with Gasteiger partial charge in [-0.05, 0) is 0 Å².